The Hall–Kier alpha value is -2.51. The Kier molecular flexibility index (Phi) is 4.13. The summed E-state index contributed by atoms with van der Waals surface area (Å²) in [4.78, 5) is 23.7. The van der Waals surface area contributed by atoms with Crippen LogP contribution in [0, 0.1) is 5.82 Å². The van der Waals surface area contributed by atoms with E-state index in [2.05, 4.69) is 0 Å². The number of hydrogen-bond donors (Lipinski definition) is 0. The Labute approximate surface area is 149 Å². The summed E-state index contributed by atoms with van der Waals surface area (Å²) in [5.74, 6) is -1.67. The Morgan fingerprint density at radius 2 is 2.08 bits per heavy atom. The van der Waals surface area contributed by atoms with Crippen molar-refractivity contribution in [3.63, 3.8) is 0 Å². The zero-order valence-electron chi connectivity index (χ0n) is 14.3. The van der Waals surface area contributed by atoms with E-state index in [0.717, 1.165) is 0 Å². The first-order valence-electron chi connectivity index (χ1n) is 8.40. The number of esters is 1. The maximum atomic E-state index is 13.8. The van der Waals surface area contributed by atoms with Gasteiger partial charge in [0.25, 0.3) is 0 Å². The van der Waals surface area contributed by atoms with Crippen molar-refractivity contribution >= 4 is 12.3 Å². The monoisotopic (exact) mass is 359 g/mol. The highest BCUT2D eigenvalue weighted by atomic mass is 19.1. The lowest BCUT2D eigenvalue weighted by Gasteiger charge is -2.33. The number of aldehydes is 1. The molecule has 0 radical (unpaired) electrons. The van der Waals surface area contributed by atoms with Crippen molar-refractivity contribution in [1.29, 1.82) is 0 Å². The molecule has 2 aromatic rings. The van der Waals surface area contributed by atoms with Crippen molar-refractivity contribution in [1.82, 2.24) is 4.57 Å². The fourth-order valence-corrected chi connectivity index (χ4v) is 3.77. The smallest absolute Gasteiger partial charge is 0.339 e. The van der Waals surface area contributed by atoms with E-state index < -0.39 is 17.6 Å². The summed E-state index contributed by atoms with van der Waals surface area (Å²) < 4.78 is 32.2. The van der Waals surface area contributed by atoms with Gasteiger partial charge in [0.2, 0.25) is 0 Å². The van der Waals surface area contributed by atoms with Crippen molar-refractivity contribution < 1.29 is 28.2 Å². The number of carbonyl (C=O) groups is 2. The molecule has 2 aliphatic heterocycles. The number of halogens is 1. The van der Waals surface area contributed by atoms with Gasteiger partial charge in [-0.05, 0) is 24.3 Å². The standard InChI is InChI=1S/C19H18FNO5/c1-24-18(23)15-9-16(14-8-13(20)3-2-12(14)11-22)21-5-4-19(10-17(15)21)25-6-7-26-19/h2-3,8-9,11H,4-7,10H2,1H3. The van der Waals surface area contributed by atoms with Gasteiger partial charge in [0.05, 0.1) is 25.9 Å². The maximum Gasteiger partial charge on any atom is 0.339 e. The molecule has 0 saturated carbocycles. The third-order valence-corrected chi connectivity index (χ3v) is 5.00. The Bertz CT molecular complexity index is 882. The molecule has 0 unspecified atom stereocenters. The van der Waals surface area contributed by atoms with E-state index in [4.69, 9.17) is 14.2 Å². The summed E-state index contributed by atoms with van der Waals surface area (Å²) >= 11 is 0. The van der Waals surface area contributed by atoms with E-state index in [9.17, 15) is 14.0 Å². The molecule has 1 spiro atoms. The molecule has 26 heavy (non-hydrogen) atoms. The summed E-state index contributed by atoms with van der Waals surface area (Å²) in [7, 11) is 1.31. The van der Waals surface area contributed by atoms with Crippen LogP contribution in [0.4, 0.5) is 4.39 Å². The maximum absolute atomic E-state index is 13.8. The fraction of sp³-hybridized carbons (Fsp3) is 0.368. The minimum absolute atomic E-state index is 0.358. The molecule has 0 bridgehead atoms. The molecule has 7 heteroatoms. The van der Waals surface area contributed by atoms with Gasteiger partial charge in [-0.1, -0.05) is 0 Å². The van der Waals surface area contributed by atoms with Crippen molar-refractivity contribution in [2.75, 3.05) is 20.3 Å². The summed E-state index contributed by atoms with van der Waals surface area (Å²) in [6.07, 6.45) is 1.68. The van der Waals surface area contributed by atoms with Crippen LogP contribution in [-0.2, 0) is 27.2 Å². The minimum Gasteiger partial charge on any atom is -0.465 e. The molecular formula is C19H18FNO5. The zero-order chi connectivity index (χ0) is 18.3. The molecule has 0 amide bonds. The van der Waals surface area contributed by atoms with Gasteiger partial charge < -0.3 is 18.8 Å². The summed E-state index contributed by atoms with van der Waals surface area (Å²) in [6, 6.07) is 5.63. The molecule has 1 fully saturated rings. The first kappa shape index (κ1) is 16.9. The van der Waals surface area contributed by atoms with Gasteiger partial charge in [0.1, 0.15) is 5.82 Å². The van der Waals surface area contributed by atoms with Gasteiger partial charge >= 0.3 is 5.97 Å². The van der Waals surface area contributed by atoms with E-state index in [0.29, 0.717) is 67.0 Å². The van der Waals surface area contributed by atoms with Gasteiger partial charge in [0.15, 0.2) is 12.1 Å². The second-order valence-electron chi connectivity index (χ2n) is 6.42. The lowest BCUT2D eigenvalue weighted by Crippen LogP contribution is -2.39. The molecule has 4 rings (SSSR count). The van der Waals surface area contributed by atoms with Crippen molar-refractivity contribution in [2.45, 2.75) is 25.2 Å². The Balaban J connectivity index is 1.88. The van der Waals surface area contributed by atoms with E-state index in [-0.39, 0.29) is 0 Å². The molecule has 1 aromatic carbocycles. The quantitative estimate of drug-likeness (QED) is 0.622. The van der Waals surface area contributed by atoms with Crippen LogP contribution < -0.4 is 0 Å². The third kappa shape index (κ3) is 2.64. The predicted octanol–water partition coefficient (Wildman–Crippen LogP) is 2.58. The van der Waals surface area contributed by atoms with Crippen molar-refractivity contribution in [3.8, 4) is 11.3 Å². The van der Waals surface area contributed by atoms with E-state index >= 15 is 0 Å². The van der Waals surface area contributed by atoms with E-state index in [1.165, 1.54) is 25.3 Å². The topological polar surface area (TPSA) is 66.8 Å². The van der Waals surface area contributed by atoms with Crippen LogP contribution in [0.25, 0.3) is 11.3 Å². The zero-order valence-corrected chi connectivity index (χ0v) is 14.3. The first-order chi connectivity index (χ1) is 12.6. The Morgan fingerprint density at radius 3 is 2.77 bits per heavy atom. The average Bonchev–Trinajstić information content (AvgIpc) is 3.26. The van der Waals surface area contributed by atoms with Gasteiger partial charge in [-0.25, -0.2) is 9.18 Å². The number of methoxy groups -OCH3 is 1. The second-order valence-corrected chi connectivity index (χ2v) is 6.42. The van der Waals surface area contributed by atoms with E-state index in [1.807, 2.05) is 4.57 Å². The number of hydrogen-bond acceptors (Lipinski definition) is 5. The number of aromatic nitrogens is 1. The van der Waals surface area contributed by atoms with Gasteiger partial charge in [-0.15, -0.1) is 0 Å². The average molecular weight is 359 g/mol. The van der Waals surface area contributed by atoms with Crippen LogP contribution in [0.3, 0.4) is 0 Å². The highest BCUT2D eigenvalue weighted by Crippen LogP contribution is 2.39. The van der Waals surface area contributed by atoms with Crippen LogP contribution in [0.5, 0.6) is 0 Å². The SMILES string of the molecule is COC(=O)c1cc(-c2cc(F)ccc2C=O)n2c1CC1(CC2)OCCO1. The number of nitrogens with zero attached hydrogens (tertiary/aromatic N) is 1. The van der Waals surface area contributed by atoms with Crippen molar-refractivity contribution in [2.24, 2.45) is 0 Å². The van der Waals surface area contributed by atoms with Crippen LogP contribution in [0.2, 0.25) is 0 Å². The highest BCUT2D eigenvalue weighted by molar-refractivity contribution is 5.94. The molecule has 136 valence electrons. The number of fused-ring (bicyclic) bond motifs is 1. The lowest BCUT2D eigenvalue weighted by molar-refractivity contribution is -0.169. The molecular weight excluding hydrogens is 341 g/mol. The number of rotatable bonds is 3. The normalized spacial score (nSPS) is 17.9. The molecule has 0 atom stereocenters. The third-order valence-electron chi connectivity index (χ3n) is 5.00. The fourth-order valence-electron chi connectivity index (χ4n) is 3.77. The van der Waals surface area contributed by atoms with Crippen LogP contribution in [0.15, 0.2) is 24.3 Å². The summed E-state index contributed by atoms with van der Waals surface area (Å²) in [5, 5.41) is 0. The molecule has 2 aliphatic rings. The van der Waals surface area contributed by atoms with Gasteiger partial charge in [-0.2, -0.15) is 0 Å². The van der Waals surface area contributed by atoms with Gasteiger partial charge in [-0.3, -0.25) is 4.79 Å². The number of ether oxygens (including phenoxy) is 3. The molecule has 1 aromatic heterocycles. The minimum atomic E-state index is -0.732. The summed E-state index contributed by atoms with van der Waals surface area (Å²) in [6.45, 7) is 1.55. The van der Waals surface area contributed by atoms with Crippen LogP contribution in [-0.4, -0.2) is 42.9 Å². The Morgan fingerprint density at radius 1 is 1.31 bits per heavy atom. The molecule has 3 heterocycles. The van der Waals surface area contributed by atoms with Crippen LogP contribution >= 0.6 is 0 Å². The lowest BCUT2D eigenvalue weighted by atomic mass is 10.00. The highest BCUT2D eigenvalue weighted by Gasteiger charge is 2.42. The first-order valence-corrected chi connectivity index (χ1v) is 8.40. The number of carbonyl (C=O) groups excluding carboxylic acids is 2. The predicted molar refractivity (Wildman–Crippen MR) is 89.5 cm³/mol. The van der Waals surface area contributed by atoms with Crippen LogP contribution in [0.1, 0.15) is 32.8 Å². The largest absolute Gasteiger partial charge is 0.465 e. The van der Waals surface area contributed by atoms with Gasteiger partial charge in [0, 0.05) is 41.9 Å². The molecule has 6 nitrogen and oxygen atoms in total. The molecule has 0 aliphatic carbocycles. The molecule has 0 N–H and O–H groups in total. The van der Waals surface area contributed by atoms with E-state index in [1.54, 1.807) is 6.07 Å². The summed E-state index contributed by atoms with van der Waals surface area (Å²) in [5.41, 5.74) is 2.50. The molecule has 1 saturated heterocycles. The van der Waals surface area contributed by atoms with Crippen molar-refractivity contribution in [3.05, 3.63) is 46.9 Å². The number of benzene rings is 1. The second kappa shape index (κ2) is 6.34.